The van der Waals surface area contributed by atoms with E-state index < -0.39 is 0 Å². The fourth-order valence-electron chi connectivity index (χ4n) is 1.59. The van der Waals surface area contributed by atoms with Crippen LogP contribution in [0.15, 0.2) is 35.6 Å². The molecule has 0 fully saturated rings. The van der Waals surface area contributed by atoms with E-state index in [1.807, 2.05) is 31.2 Å². The van der Waals surface area contributed by atoms with Crippen molar-refractivity contribution in [3.8, 4) is 5.75 Å². The predicted octanol–water partition coefficient (Wildman–Crippen LogP) is 2.43. The Kier molecular flexibility index (Phi) is 4.57. The Morgan fingerprint density at radius 3 is 2.95 bits per heavy atom. The smallest absolute Gasteiger partial charge is 0.221 e. The highest BCUT2D eigenvalue weighted by atomic mass is 79.9. The monoisotopic (exact) mass is 322 g/mol. The first-order valence-corrected chi connectivity index (χ1v) is 6.96. The van der Waals surface area contributed by atoms with Gasteiger partial charge in [0.15, 0.2) is 0 Å². The van der Waals surface area contributed by atoms with E-state index in [1.54, 1.807) is 12.4 Å². The van der Waals surface area contributed by atoms with E-state index in [0.29, 0.717) is 12.6 Å². The van der Waals surface area contributed by atoms with Crippen LogP contribution in [0.2, 0.25) is 0 Å². The molecule has 1 aromatic heterocycles. The molecule has 0 radical (unpaired) electrons. The standard InChI is InChI=1S/C13H15BrN4O/c1-10-9-18(13(15)17-10)16-8-11-4-2-3-5-12(11)19-7-6-14/h2-5,8-9H,6-7H2,1H3,(H2,15,17). The van der Waals surface area contributed by atoms with Crippen molar-refractivity contribution in [3.63, 3.8) is 0 Å². The number of hydrogen-bond donors (Lipinski definition) is 1. The number of halogens is 1. The predicted molar refractivity (Wildman–Crippen MR) is 80.1 cm³/mol. The summed E-state index contributed by atoms with van der Waals surface area (Å²) < 4.78 is 7.15. The van der Waals surface area contributed by atoms with Crippen molar-refractivity contribution in [2.75, 3.05) is 17.7 Å². The van der Waals surface area contributed by atoms with Gasteiger partial charge in [-0.2, -0.15) is 5.10 Å². The van der Waals surface area contributed by atoms with E-state index in [-0.39, 0.29) is 0 Å². The maximum absolute atomic E-state index is 5.72. The molecule has 100 valence electrons. The Balaban J connectivity index is 2.20. The molecule has 0 spiro atoms. The molecule has 19 heavy (non-hydrogen) atoms. The molecule has 2 aromatic rings. The zero-order valence-corrected chi connectivity index (χ0v) is 12.2. The van der Waals surface area contributed by atoms with Crippen LogP contribution in [0.3, 0.4) is 0 Å². The van der Waals surface area contributed by atoms with Crippen molar-refractivity contribution in [2.45, 2.75) is 6.92 Å². The molecule has 5 nitrogen and oxygen atoms in total. The van der Waals surface area contributed by atoms with Crippen molar-refractivity contribution in [1.82, 2.24) is 9.66 Å². The third kappa shape index (κ3) is 3.57. The van der Waals surface area contributed by atoms with Crippen molar-refractivity contribution < 1.29 is 4.74 Å². The molecular formula is C13H15BrN4O. The Hall–Kier alpha value is -1.82. The molecule has 0 unspecified atom stereocenters. The number of ether oxygens (including phenoxy) is 1. The number of aryl methyl sites for hydroxylation is 1. The summed E-state index contributed by atoms with van der Waals surface area (Å²) in [6.45, 7) is 2.48. The summed E-state index contributed by atoms with van der Waals surface area (Å²) in [6.07, 6.45) is 3.48. The van der Waals surface area contributed by atoms with E-state index in [2.05, 4.69) is 26.0 Å². The van der Waals surface area contributed by atoms with Gasteiger partial charge in [-0.15, -0.1) is 0 Å². The van der Waals surface area contributed by atoms with Gasteiger partial charge in [0.05, 0.1) is 24.7 Å². The summed E-state index contributed by atoms with van der Waals surface area (Å²) in [5, 5.41) is 5.06. The van der Waals surface area contributed by atoms with Gasteiger partial charge in [-0.05, 0) is 19.1 Å². The van der Waals surface area contributed by atoms with Crippen LogP contribution in [-0.2, 0) is 0 Å². The van der Waals surface area contributed by atoms with E-state index in [4.69, 9.17) is 10.5 Å². The van der Waals surface area contributed by atoms with Gasteiger partial charge in [0, 0.05) is 10.9 Å². The van der Waals surface area contributed by atoms with Gasteiger partial charge in [-0.25, -0.2) is 9.66 Å². The van der Waals surface area contributed by atoms with Crippen molar-refractivity contribution in [1.29, 1.82) is 0 Å². The van der Waals surface area contributed by atoms with Gasteiger partial charge >= 0.3 is 0 Å². The number of benzene rings is 1. The first-order valence-electron chi connectivity index (χ1n) is 5.84. The normalized spacial score (nSPS) is 11.1. The fourth-order valence-corrected chi connectivity index (χ4v) is 1.75. The minimum Gasteiger partial charge on any atom is -0.492 e. The first-order chi connectivity index (χ1) is 9.20. The van der Waals surface area contributed by atoms with Gasteiger partial charge in [-0.1, -0.05) is 28.1 Å². The lowest BCUT2D eigenvalue weighted by Gasteiger charge is -2.06. The maximum atomic E-state index is 5.72. The lowest BCUT2D eigenvalue weighted by atomic mass is 10.2. The van der Waals surface area contributed by atoms with Crippen molar-refractivity contribution in [2.24, 2.45) is 5.10 Å². The Morgan fingerprint density at radius 1 is 1.47 bits per heavy atom. The van der Waals surface area contributed by atoms with Gasteiger partial charge < -0.3 is 10.5 Å². The lowest BCUT2D eigenvalue weighted by Crippen LogP contribution is -2.01. The molecule has 6 heteroatoms. The highest BCUT2D eigenvalue weighted by Gasteiger charge is 2.02. The van der Waals surface area contributed by atoms with Gasteiger partial charge in [0.1, 0.15) is 5.75 Å². The fraction of sp³-hybridized carbons (Fsp3) is 0.231. The summed E-state index contributed by atoms with van der Waals surface area (Å²) in [6, 6.07) is 7.71. The van der Waals surface area contributed by atoms with Crippen LogP contribution in [0, 0.1) is 6.92 Å². The summed E-state index contributed by atoms with van der Waals surface area (Å²) in [5.74, 6) is 1.16. The Bertz CT molecular complexity index is 580. The Morgan fingerprint density at radius 2 is 2.26 bits per heavy atom. The van der Waals surface area contributed by atoms with Crippen LogP contribution >= 0.6 is 15.9 Å². The third-order valence-corrected chi connectivity index (χ3v) is 2.73. The summed E-state index contributed by atoms with van der Waals surface area (Å²) >= 11 is 3.33. The van der Waals surface area contributed by atoms with Crippen LogP contribution in [0.5, 0.6) is 5.75 Å². The van der Waals surface area contributed by atoms with Gasteiger partial charge in [-0.3, -0.25) is 0 Å². The number of alkyl halides is 1. The number of aromatic nitrogens is 2. The number of anilines is 1. The lowest BCUT2D eigenvalue weighted by molar-refractivity contribution is 0.344. The molecule has 1 heterocycles. The second-order valence-electron chi connectivity index (χ2n) is 3.90. The molecule has 2 rings (SSSR count). The van der Waals surface area contributed by atoms with Crippen LogP contribution in [0.1, 0.15) is 11.3 Å². The zero-order chi connectivity index (χ0) is 13.7. The first kappa shape index (κ1) is 13.6. The quantitative estimate of drug-likeness (QED) is 0.679. The van der Waals surface area contributed by atoms with E-state index in [1.165, 1.54) is 4.68 Å². The number of nitrogen functional groups attached to an aromatic ring is 1. The molecule has 0 aliphatic heterocycles. The summed E-state index contributed by atoms with van der Waals surface area (Å²) in [4.78, 5) is 4.08. The van der Waals surface area contributed by atoms with Crippen LogP contribution in [0.4, 0.5) is 5.95 Å². The molecular weight excluding hydrogens is 308 g/mol. The number of rotatable bonds is 5. The van der Waals surface area contributed by atoms with Crippen molar-refractivity contribution in [3.05, 3.63) is 41.7 Å². The van der Waals surface area contributed by atoms with Crippen LogP contribution < -0.4 is 10.5 Å². The number of para-hydroxylation sites is 1. The third-order valence-electron chi connectivity index (χ3n) is 2.41. The molecule has 0 atom stereocenters. The minimum absolute atomic E-state index is 0.368. The molecule has 1 aromatic carbocycles. The van der Waals surface area contributed by atoms with Gasteiger partial charge in [0.2, 0.25) is 5.95 Å². The molecule has 0 saturated heterocycles. The second-order valence-corrected chi connectivity index (χ2v) is 4.70. The topological polar surface area (TPSA) is 65.4 Å². The number of hydrogen-bond acceptors (Lipinski definition) is 4. The molecule has 2 N–H and O–H groups in total. The number of nitrogens with zero attached hydrogens (tertiary/aromatic N) is 3. The molecule has 0 saturated carbocycles. The van der Waals surface area contributed by atoms with Crippen LogP contribution in [-0.4, -0.2) is 27.8 Å². The highest BCUT2D eigenvalue weighted by Crippen LogP contribution is 2.16. The highest BCUT2D eigenvalue weighted by molar-refractivity contribution is 9.09. The number of nitrogens with two attached hydrogens (primary N) is 1. The minimum atomic E-state index is 0.368. The van der Waals surface area contributed by atoms with E-state index >= 15 is 0 Å². The molecule has 0 aliphatic carbocycles. The average molecular weight is 323 g/mol. The largest absolute Gasteiger partial charge is 0.492 e. The van der Waals surface area contributed by atoms with E-state index in [9.17, 15) is 0 Å². The molecule has 0 aliphatic rings. The molecule has 0 amide bonds. The second kappa shape index (κ2) is 6.38. The van der Waals surface area contributed by atoms with Crippen LogP contribution in [0.25, 0.3) is 0 Å². The summed E-state index contributed by atoms with van der Waals surface area (Å²) in [5.41, 5.74) is 7.45. The number of imidazole rings is 1. The summed E-state index contributed by atoms with van der Waals surface area (Å²) in [7, 11) is 0. The zero-order valence-electron chi connectivity index (χ0n) is 10.6. The average Bonchev–Trinajstić information content (AvgIpc) is 2.73. The van der Waals surface area contributed by atoms with Crippen molar-refractivity contribution >= 4 is 28.1 Å². The van der Waals surface area contributed by atoms with Gasteiger partial charge in [0.25, 0.3) is 0 Å². The van der Waals surface area contributed by atoms with E-state index in [0.717, 1.165) is 22.3 Å². The SMILES string of the molecule is Cc1cn(N=Cc2ccccc2OCCBr)c(N)n1. The maximum Gasteiger partial charge on any atom is 0.221 e. The molecule has 0 bridgehead atoms. The Labute approximate surface area is 120 Å².